The molecule has 0 saturated heterocycles. The maximum atomic E-state index is 6.27. The predicted octanol–water partition coefficient (Wildman–Crippen LogP) is 4.29. The second kappa shape index (κ2) is 5.25. The molecule has 2 aromatic heterocycles. The van der Waals surface area contributed by atoms with E-state index in [1.807, 2.05) is 6.07 Å². The van der Waals surface area contributed by atoms with Crippen LogP contribution in [0.5, 0.6) is 0 Å². The number of rotatable bonds is 3. The van der Waals surface area contributed by atoms with E-state index < -0.39 is 0 Å². The Morgan fingerprint density at radius 3 is 3.21 bits per heavy atom. The van der Waals surface area contributed by atoms with Gasteiger partial charge in [-0.15, -0.1) is 22.9 Å². The number of hydrogen-bond acceptors (Lipinski definition) is 4. The van der Waals surface area contributed by atoms with Gasteiger partial charge in [0.25, 0.3) is 0 Å². The zero-order valence-electron chi connectivity index (χ0n) is 11.0. The van der Waals surface area contributed by atoms with E-state index in [0.717, 1.165) is 34.8 Å². The normalized spacial score (nSPS) is 27.6. The first-order valence-electron chi connectivity index (χ1n) is 6.75. The highest BCUT2D eigenvalue weighted by atomic mass is 35.5. The fourth-order valence-electron chi connectivity index (χ4n) is 3.06. The van der Waals surface area contributed by atoms with Crippen molar-refractivity contribution in [2.45, 2.75) is 38.1 Å². The molecule has 1 saturated carbocycles. The molecule has 2 heterocycles. The largest absolute Gasteiger partial charge is 0.362 e. The van der Waals surface area contributed by atoms with Gasteiger partial charge in [-0.25, -0.2) is 9.97 Å². The number of hydrogen-bond donors (Lipinski definition) is 1. The minimum atomic E-state index is -0.00943. The summed E-state index contributed by atoms with van der Waals surface area (Å²) in [5, 5.41) is 5.69. The molecule has 0 bridgehead atoms. The van der Waals surface area contributed by atoms with Gasteiger partial charge in [-0.1, -0.05) is 19.8 Å². The third-order valence-electron chi connectivity index (χ3n) is 3.97. The Hall–Kier alpha value is -0.870. The summed E-state index contributed by atoms with van der Waals surface area (Å²) in [5.41, 5.74) is 1.00. The summed E-state index contributed by atoms with van der Waals surface area (Å²) >= 11 is 7.96. The van der Waals surface area contributed by atoms with E-state index in [9.17, 15) is 0 Å². The average molecular weight is 296 g/mol. The average Bonchev–Trinajstić information content (AvgIpc) is 2.88. The minimum Gasteiger partial charge on any atom is -0.362 e. The van der Waals surface area contributed by atoms with Crippen molar-refractivity contribution in [2.75, 3.05) is 11.2 Å². The van der Waals surface area contributed by atoms with Crippen LogP contribution in [0.2, 0.25) is 0 Å². The fourth-order valence-corrected chi connectivity index (χ4v) is 4.16. The smallest absolute Gasteiger partial charge is 0.147 e. The van der Waals surface area contributed by atoms with E-state index in [4.69, 9.17) is 11.6 Å². The second-order valence-corrected chi connectivity index (χ2v) is 6.78. The lowest BCUT2D eigenvalue weighted by Crippen LogP contribution is -2.44. The lowest BCUT2D eigenvalue weighted by atomic mass is 9.77. The van der Waals surface area contributed by atoms with Gasteiger partial charge in [0.15, 0.2) is 0 Å². The van der Waals surface area contributed by atoms with Crippen LogP contribution in [0.3, 0.4) is 0 Å². The van der Waals surface area contributed by atoms with Gasteiger partial charge >= 0.3 is 0 Å². The molecular formula is C14H18ClN3S. The fraction of sp³-hybridized carbons (Fsp3) is 0.571. The topological polar surface area (TPSA) is 37.8 Å². The van der Waals surface area contributed by atoms with E-state index >= 15 is 0 Å². The Balaban J connectivity index is 1.92. The summed E-state index contributed by atoms with van der Waals surface area (Å²) < 4.78 is 1.13. The van der Waals surface area contributed by atoms with E-state index in [-0.39, 0.29) is 5.54 Å². The molecular weight excluding hydrogens is 278 g/mol. The molecule has 0 aliphatic heterocycles. The first-order valence-corrected chi connectivity index (χ1v) is 8.16. The van der Waals surface area contributed by atoms with Crippen LogP contribution >= 0.6 is 22.9 Å². The highest BCUT2D eigenvalue weighted by Gasteiger charge is 2.34. The second-order valence-electron chi connectivity index (χ2n) is 5.60. The lowest BCUT2D eigenvalue weighted by molar-refractivity contribution is 0.279. The molecule has 2 unspecified atom stereocenters. The SMILES string of the molecule is CC1CCCC(CCl)(Nc2ncnc3ccsc23)C1. The van der Waals surface area contributed by atoms with Crippen LogP contribution in [-0.4, -0.2) is 21.4 Å². The highest BCUT2D eigenvalue weighted by Crippen LogP contribution is 2.37. The number of anilines is 1. The van der Waals surface area contributed by atoms with Gasteiger partial charge in [0.05, 0.1) is 15.8 Å². The van der Waals surface area contributed by atoms with Crippen LogP contribution in [0.15, 0.2) is 17.8 Å². The van der Waals surface area contributed by atoms with Crippen LogP contribution in [0.25, 0.3) is 10.2 Å². The number of nitrogens with one attached hydrogen (secondary N) is 1. The molecule has 19 heavy (non-hydrogen) atoms. The first-order chi connectivity index (χ1) is 9.22. The molecule has 5 heteroatoms. The summed E-state index contributed by atoms with van der Waals surface area (Å²) in [6.45, 7) is 2.31. The minimum absolute atomic E-state index is 0.00943. The molecule has 1 fully saturated rings. The molecule has 0 radical (unpaired) electrons. The summed E-state index contributed by atoms with van der Waals surface area (Å²) in [6, 6.07) is 2.03. The van der Waals surface area contributed by atoms with Gasteiger partial charge in [-0.2, -0.15) is 0 Å². The summed E-state index contributed by atoms with van der Waals surface area (Å²) in [5.74, 6) is 2.30. The van der Waals surface area contributed by atoms with Crippen molar-refractivity contribution in [3.8, 4) is 0 Å². The Morgan fingerprint density at radius 2 is 2.42 bits per heavy atom. The quantitative estimate of drug-likeness (QED) is 0.858. The van der Waals surface area contributed by atoms with Crippen molar-refractivity contribution in [1.29, 1.82) is 0 Å². The molecule has 3 nitrogen and oxygen atoms in total. The van der Waals surface area contributed by atoms with Crippen LogP contribution in [-0.2, 0) is 0 Å². The van der Waals surface area contributed by atoms with Gasteiger partial charge in [-0.05, 0) is 30.2 Å². The van der Waals surface area contributed by atoms with Crippen LogP contribution in [0, 0.1) is 5.92 Å². The molecule has 2 aromatic rings. The molecule has 0 aromatic carbocycles. The van der Waals surface area contributed by atoms with Gasteiger partial charge in [0.2, 0.25) is 0 Å². The van der Waals surface area contributed by atoms with Crippen molar-refractivity contribution in [2.24, 2.45) is 5.92 Å². The van der Waals surface area contributed by atoms with Crippen molar-refractivity contribution in [3.05, 3.63) is 17.8 Å². The van der Waals surface area contributed by atoms with E-state index in [2.05, 4.69) is 27.6 Å². The molecule has 102 valence electrons. The van der Waals surface area contributed by atoms with Gasteiger partial charge in [0, 0.05) is 5.88 Å². The van der Waals surface area contributed by atoms with Crippen molar-refractivity contribution in [3.63, 3.8) is 0 Å². The highest BCUT2D eigenvalue weighted by molar-refractivity contribution is 7.17. The monoisotopic (exact) mass is 295 g/mol. The summed E-state index contributed by atoms with van der Waals surface area (Å²) in [7, 11) is 0. The first kappa shape index (κ1) is 13.1. The number of alkyl halides is 1. The van der Waals surface area contributed by atoms with Gasteiger partial charge in [-0.3, -0.25) is 0 Å². The molecule has 0 spiro atoms. The third kappa shape index (κ3) is 2.56. The number of fused-ring (bicyclic) bond motifs is 1. The van der Waals surface area contributed by atoms with E-state index in [1.165, 1.54) is 12.8 Å². The van der Waals surface area contributed by atoms with Gasteiger partial charge in [0.1, 0.15) is 12.1 Å². The maximum Gasteiger partial charge on any atom is 0.147 e. The maximum absolute atomic E-state index is 6.27. The lowest BCUT2D eigenvalue weighted by Gasteiger charge is -2.39. The third-order valence-corrected chi connectivity index (χ3v) is 5.40. The van der Waals surface area contributed by atoms with Gasteiger partial charge < -0.3 is 5.32 Å². The van der Waals surface area contributed by atoms with Crippen molar-refractivity contribution >= 4 is 39.0 Å². The molecule has 2 atom stereocenters. The molecule has 3 rings (SSSR count). The molecule has 1 aliphatic carbocycles. The van der Waals surface area contributed by atoms with E-state index in [0.29, 0.717) is 5.88 Å². The van der Waals surface area contributed by atoms with Crippen LogP contribution in [0.4, 0.5) is 5.82 Å². The summed E-state index contributed by atoms with van der Waals surface area (Å²) in [6.07, 6.45) is 6.41. The number of thiophene rings is 1. The Labute approximate surface area is 122 Å². The van der Waals surface area contributed by atoms with Crippen LogP contribution in [0.1, 0.15) is 32.6 Å². The zero-order chi connectivity index (χ0) is 13.3. The predicted molar refractivity (Wildman–Crippen MR) is 82.1 cm³/mol. The summed E-state index contributed by atoms with van der Waals surface area (Å²) in [4.78, 5) is 8.71. The van der Waals surface area contributed by atoms with E-state index in [1.54, 1.807) is 17.7 Å². The Kier molecular flexibility index (Phi) is 3.63. The standard InChI is InChI=1S/C14H18ClN3S/c1-10-3-2-5-14(7-10,8-15)18-13-12-11(4-6-19-12)16-9-17-13/h4,6,9-10H,2-3,5,7-8H2,1H3,(H,16,17,18). The van der Waals surface area contributed by atoms with Crippen molar-refractivity contribution in [1.82, 2.24) is 9.97 Å². The zero-order valence-corrected chi connectivity index (χ0v) is 12.6. The van der Waals surface area contributed by atoms with Crippen molar-refractivity contribution < 1.29 is 0 Å². The Morgan fingerprint density at radius 1 is 1.53 bits per heavy atom. The number of halogens is 1. The molecule has 0 amide bonds. The number of aromatic nitrogens is 2. The van der Waals surface area contributed by atoms with Crippen LogP contribution < -0.4 is 5.32 Å². The molecule has 1 N–H and O–H groups in total. The number of nitrogens with zero attached hydrogens (tertiary/aromatic N) is 2. The Bertz CT molecular complexity index is 571. The molecule has 1 aliphatic rings.